The Hall–Kier alpha value is -0.780. The van der Waals surface area contributed by atoms with Crippen molar-refractivity contribution in [2.24, 2.45) is 11.7 Å². The van der Waals surface area contributed by atoms with Gasteiger partial charge in [-0.3, -0.25) is 4.79 Å². The summed E-state index contributed by atoms with van der Waals surface area (Å²) in [6, 6.07) is 0. The third-order valence-electron chi connectivity index (χ3n) is 2.79. The zero-order valence-electron chi connectivity index (χ0n) is 9.09. The van der Waals surface area contributed by atoms with E-state index in [-0.39, 0.29) is 24.9 Å². The number of nitrogens with two attached hydrogens (primary N) is 1. The lowest BCUT2D eigenvalue weighted by Gasteiger charge is -2.26. The Morgan fingerprint density at radius 3 is 2.31 bits per heavy atom. The first-order valence-corrected chi connectivity index (χ1v) is 5.49. The zero-order valence-corrected chi connectivity index (χ0v) is 9.09. The van der Waals surface area contributed by atoms with Crippen LogP contribution in [0.25, 0.3) is 0 Å². The molecule has 0 radical (unpaired) electrons. The first-order valence-electron chi connectivity index (χ1n) is 5.49. The molecule has 0 aromatic carbocycles. The molecule has 1 fully saturated rings. The number of halogens is 3. The van der Waals surface area contributed by atoms with Crippen LogP contribution in [0.2, 0.25) is 0 Å². The van der Waals surface area contributed by atoms with Gasteiger partial charge >= 0.3 is 6.18 Å². The molecule has 0 saturated heterocycles. The number of rotatable bonds is 4. The molecular formula is C10H17F3N2O. The van der Waals surface area contributed by atoms with Crippen LogP contribution in [-0.4, -0.2) is 36.6 Å². The van der Waals surface area contributed by atoms with Gasteiger partial charge in [0.2, 0.25) is 5.91 Å². The highest BCUT2D eigenvalue weighted by Gasteiger charge is 2.35. The summed E-state index contributed by atoms with van der Waals surface area (Å²) >= 11 is 0. The van der Waals surface area contributed by atoms with Crippen molar-refractivity contribution in [3.63, 3.8) is 0 Å². The number of carbonyl (C=O) groups excluding carboxylic acids is 1. The quantitative estimate of drug-likeness (QED) is 0.807. The Kier molecular flexibility index (Phi) is 4.58. The SMILES string of the molecule is NCCN(CC(F)(F)F)C(=O)C1CCCC1. The molecule has 0 unspecified atom stereocenters. The number of hydrogen-bond donors (Lipinski definition) is 1. The largest absolute Gasteiger partial charge is 0.406 e. The summed E-state index contributed by atoms with van der Waals surface area (Å²) in [6.07, 6.45) is -1.07. The second-order valence-corrected chi connectivity index (χ2v) is 4.15. The van der Waals surface area contributed by atoms with E-state index in [9.17, 15) is 18.0 Å². The summed E-state index contributed by atoms with van der Waals surface area (Å²) in [4.78, 5) is 12.6. The molecular weight excluding hydrogens is 221 g/mol. The molecule has 0 aliphatic heterocycles. The first kappa shape index (κ1) is 13.3. The van der Waals surface area contributed by atoms with Crippen LogP contribution >= 0.6 is 0 Å². The molecule has 16 heavy (non-hydrogen) atoms. The van der Waals surface area contributed by atoms with Crippen molar-refractivity contribution in [3.05, 3.63) is 0 Å². The average Bonchev–Trinajstić information content (AvgIpc) is 2.66. The number of amides is 1. The monoisotopic (exact) mass is 238 g/mol. The average molecular weight is 238 g/mol. The Morgan fingerprint density at radius 1 is 1.31 bits per heavy atom. The van der Waals surface area contributed by atoms with E-state index in [0.717, 1.165) is 17.7 Å². The van der Waals surface area contributed by atoms with Crippen molar-refractivity contribution in [3.8, 4) is 0 Å². The van der Waals surface area contributed by atoms with Crippen LogP contribution < -0.4 is 5.73 Å². The van der Waals surface area contributed by atoms with Gasteiger partial charge in [-0.15, -0.1) is 0 Å². The van der Waals surface area contributed by atoms with E-state index < -0.39 is 12.7 Å². The topological polar surface area (TPSA) is 46.3 Å². The molecule has 0 heterocycles. The fourth-order valence-corrected chi connectivity index (χ4v) is 2.07. The molecule has 1 rings (SSSR count). The predicted octanol–water partition coefficient (Wildman–Crippen LogP) is 1.53. The van der Waals surface area contributed by atoms with Crippen molar-refractivity contribution < 1.29 is 18.0 Å². The fraction of sp³-hybridized carbons (Fsp3) is 0.900. The van der Waals surface area contributed by atoms with Gasteiger partial charge in [0, 0.05) is 19.0 Å². The van der Waals surface area contributed by atoms with Crippen molar-refractivity contribution in [2.45, 2.75) is 31.9 Å². The summed E-state index contributed by atoms with van der Waals surface area (Å²) in [6.45, 7) is -1.14. The molecule has 3 nitrogen and oxygen atoms in total. The highest BCUT2D eigenvalue weighted by atomic mass is 19.4. The van der Waals surface area contributed by atoms with E-state index in [1.165, 1.54) is 0 Å². The smallest absolute Gasteiger partial charge is 0.332 e. The summed E-state index contributed by atoms with van der Waals surface area (Å²) in [5.41, 5.74) is 5.22. The van der Waals surface area contributed by atoms with Crippen molar-refractivity contribution >= 4 is 5.91 Å². The van der Waals surface area contributed by atoms with Gasteiger partial charge in [-0.25, -0.2) is 0 Å². The third-order valence-corrected chi connectivity index (χ3v) is 2.79. The van der Waals surface area contributed by atoms with Crippen LogP contribution in [0.15, 0.2) is 0 Å². The van der Waals surface area contributed by atoms with Crippen molar-refractivity contribution in [1.82, 2.24) is 4.90 Å². The maximum Gasteiger partial charge on any atom is 0.406 e. The van der Waals surface area contributed by atoms with Gasteiger partial charge in [-0.05, 0) is 12.8 Å². The first-order chi connectivity index (χ1) is 7.44. The van der Waals surface area contributed by atoms with Crippen LogP contribution in [0.5, 0.6) is 0 Å². The zero-order chi connectivity index (χ0) is 12.2. The maximum atomic E-state index is 12.2. The summed E-state index contributed by atoms with van der Waals surface area (Å²) in [7, 11) is 0. The molecule has 0 aromatic rings. The van der Waals surface area contributed by atoms with Gasteiger partial charge in [-0.1, -0.05) is 12.8 Å². The second-order valence-electron chi connectivity index (χ2n) is 4.15. The number of alkyl halides is 3. The van der Waals surface area contributed by atoms with E-state index in [1.807, 2.05) is 0 Å². The fourth-order valence-electron chi connectivity index (χ4n) is 2.07. The van der Waals surface area contributed by atoms with Crippen LogP contribution in [0, 0.1) is 5.92 Å². The Bertz CT molecular complexity index is 237. The van der Waals surface area contributed by atoms with Crippen molar-refractivity contribution in [1.29, 1.82) is 0 Å². The van der Waals surface area contributed by atoms with Crippen molar-refractivity contribution in [2.75, 3.05) is 19.6 Å². The molecule has 1 amide bonds. The second kappa shape index (κ2) is 5.52. The van der Waals surface area contributed by atoms with Gasteiger partial charge in [0.15, 0.2) is 0 Å². The summed E-state index contributed by atoms with van der Waals surface area (Å²) < 4.78 is 36.7. The summed E-state index contributed by atoms with van der Waals surface area (Å²) in [5.74, 6) is -0.617. The minimum atomic E-state index is -4.34. The Morgan fingerprint density at radius 2 is 1.88 bits per heavy atom. The van der Waals surface area contributed by atoms with E-state index in [4.69, 9.17) is 5.73 Å². The van der Waals surface area contributed by atoms with E-state index in [1.54, 1.807) is 0 Å². The highest BCUT2D eigenvalue weighted by Crippen LogP contribution is 2.27. The van der Waals surface area contributed by atoms with Crippen LogP contribution in [0.4, 0.5) is 13.2 Å². The molecule has 94 valence electrons. The van der Waals surface area contributed by atoms with Crippen LogP contribution in [0.3, 0.4) is 0 Å². The molecule has 1 aliphatic carbocycles. The maximum absolute atomic E-state index is 12.2. The molecule has 0 aromatic heterocycles. The molecule has 1 aliphatic rings. The van der Waals surface area contributed by atoms with Crippen LogP contribution in [0.1, 0.15) is 25.7 Å². The van der Waals surface area contributed by atoms with Gasteiger partial charge in [-0.2, -0.15) is 13.2 Å². The van der Waals surface area contributed by atoms with E-state index >= 15 is 0 Å². The molecule has 6 heteroatoms. The number of hydrogen-bond acceptors (Lipinski definition) is 2. The van der Waals surface area contributed by atoms with E-state index in [2.05, 4.69) is 0 Å². The highest BCUT2D eigenvalue weighted by molar-refractivity contribution is 5.79. The van der Waals surface area contributed by atoms with Gasteiger partial charge in [0.1, 0.15) is 6.54 Å². The van der Waals surface area contributed by atoms with Gasteiger partial charge in [0.05, 0.1) is 0 Å². The van der Waals surface area contributed by atoms with Gasteiger partial charge in [0.25, 0.3) is 0 Å². The molecule has 0 bridgehead atoms. The normalized spacial score (nSPS) is 17.8. The Balaban J connectivity index is 2.57. The standard InChI is InChI=1S/C10H17F3N2O/c11-10(12,13)7-15(6-5-14)9(16)8-3-1-2-4-8/h8H,1-7,14H2. The number of carbonyl (C=O) groups is 1. The Labute approximate surface area is 92.8 Å². The molecule has 0 spiro atoms. The molecule has 2 N–H and O–H groups in total. The third kappa shape index (κ3) is 4.00. The lowest BCUT2D eigenvalue weighted by molar-refractivity contribution is -0.163. The molecule has 0 atom stereocenters. The summed E-state index contributed by atoms with van der Waals surface area (Å²) in [5, 5.41) is 0. The van der Waals surface area contributed by atoms with E-state index in [0.29, 0.717) is 12.8 Å². The van der Waals surface area contributed by atoms with Crippen LogP contribution in [-0.2, 0) is 4.79 Å². The lowest BCUT2D eigenvalue weighted by Crippen LogP contribution is -2.44. The lowest BCUT2D eigenvalue weighted by atomic mass is 10.1. The van der Waals surface area contributed by atoms with Gasteiger partial charge < -0.3 is 10.6 Å². The minimum absolute atomic E-state index is 0.0190. The number of nitrogens with zero attached hydrogens (tertiary/aromatic N) is 1. The predicted molar refractivity (Wildman–Crippen MR) is 53.6 cm³/mol. The minimum Gasteiger partial charge on any atom is -0.332 e. The molecule has 1 saturated carbocycles.